The van der Waals surface area contributed by atoms with Gasteiger partial charge in [0.05, 0.1) is 23.2 Å². The van der Waals surface area contributed by atoms with Crippen LogP contribution in [-0.2, 0) is 12.4 Å². The van der Waals surface area contributed by atoms with Crippen LogP contribution in [0.4, 0.5) is 26.3 Å². The van der Waals surface area contributed by atoms with Crippen LogP contribution in [0.5, 0.6) is 0 Å². The molecule has 2 nitrogen and oxygen atoms in total. The molecule has 1 amide bonds. The van der Waals surface area contributed by atoms with E-state index in [1.54, 1.807) is 0 Å². The van der Waals surface area contributed by atoms with Gasteiger partial charge in [-0.25, -0.2) is 0 Å². The zero-order valence-corrected chi connectivity index (χ0v) is 12.5. The molecule has 1 heterocycles. The monoisotopic (exact) mass is 351 g/mol. The summed E-state index contributed by atoms with van der Waals surface area (Å²) in [5.74, 6) is -0.747. The lowest BCUT2D eigenvalue weighted by atomic mass is 10.0. The summed E-state index contributed by atoms with van der Waals surface area (Å²) in [5.41, 5.74) is -3.46. The third-order valence-corrected chi connectivity index (χ3v) is 4.64. The van der Waals surface area contributed by atoms with Gasteiger partial charge in [-0.05, 0) is 31.0 Å². The highest BCUT2D eigenvalue weighted by atomic mass is 19.4. The van der Waals surface area contributed by atoms with Crippen molar-refractivity contribution in [3.05, 3.63) is 34.9 Å². The molecule has 2 aliphatic rings. The highest BCUT2D eigenvalue weighted by molar-refractivity contribution is 5.97. The molecule has 132 valence electrons. The minimum absolute atomic E-state index is 0.0388. The SMILES string of the molecule is O=C(c1cc(C(F)(F)F)cc(C(F)(F)F)c1)N1[C@@H]2CCCCC[C@@H]21. The Kier molecular flexibility index (Phi) is 4.04. The van der Waals surface area contributed by atoms with Crippen LogP contribution in [0.15, 0.2) is 18.2 Å². The van der Waals surface area contributed by atoms with Gasteiger partial charge < -0.3 is 4.90 Å². The van der Waals surface area contributed by atoms with Crippen molar-refractivity contribution >= 4 is 5.91 Å². The minimum atomic E-state index is -4.95. The molecule has 1 aliphatic carbocycles. The second-order valence-electron chi connectivity index (χ2n) is 6.28. The Morgan fingerprint density at radius 1 is 0.833 bits per heavy atom. The van der Waals surface area contributed by atoms with Gasteiger partial charge in [-0.15, -0.1) is 0 Å². The predicted octanol–water partition coefficient (Wildman–Crippen LogP) is 4.88. The summed E-state index contributed by atoms with van der Waals surface area (Å²) in [7, 11) is 0. The highest BCUT2D eigenvalue weighted by Gasteiger charge is 2.51. The Morgan fingerprint density at radius 2 is 1.29 bits per heavy atom. The molecular formula is C16H15F6NO. The van der Waals surface area contributed by atoms with E-state index in [2.05, 4.69) is 0 Å². The van der Waals surface area contributed by atoms with Crippen LogP contribution in [0.2, 0.25) is 0 Å². The maximum absolute atomic E-state index is 12.9. The van der Waals surface area contributed by atoms with Crippen molar-refractivity contribution in [1.82, 2.24) is 4.90 Å². The van der Waals surface area contributed by atoms with Crippen LogP contribution in [0, 0.1) is 0 Å². The zero-order chi connectivity index (χ0) is 17.7. The molecule has 0 unspecified atom stereocenters. The van der Waals surface area contributed by atoms with Crippen molar-refractivity contribution in [2.75, 3.05) is 0 Å². The number of halogens is 6. The van der Waals surface area contributed by atoms with Gasteiger partial charge in [-0.1, -0.05) is 19.3 Å². The third kappa shape index (κ3) is 3.23. The molecule has 1 saturated carbocycles. The molecule has 1 aromatic rings. The standard InChI is InChI=1S/C16H15F6NO/c17-15(18,19)10-6-9(7-11(8-10)16(20,21)22)14(24)23-12-4-2-1-3-5-13(12)23/h6-8,12-13H,1-5H2/t12-,13+,23?. The molecule has 2 atom stereocenters. The summed E-state index contributed by atoms with van der Waals surface area (Å²) in [5, 5.41) is 0. The average molecular weight is 351 g/mol. The topological polar surface area (TPSA) is 20.1 Å². The summed E-state index contributed by atoms with van der Waals surface area (Å²) in [4.78, 5) is 13.9. The van der Waals surface area contributed by atoms with E-state index >= 15 is 0 Å². The van der Waals surface area contributed by atoms with Crippen LogP contribution in [-0.4, -0.2) is 22.9 Å². The van der Waals surface area contributed by atoms with E-state index in [4.69, 9.17) is 0 Å². The molecule has 8 heteroatoms. The first-order valence-corrected chi connectivity index (χ1v) is 7.71. The van der Waals surface area contributed by atoms with Gasteiger partial charge in [-0.3, -0.25) is 4.79 Å². The number of hydrogen-bond acceptors (Lipinski definition) is 1. The van der Waals surface area contributed by atoms with Gasteiger partial charge in [0.25, 0.3) is 5.91 Å². The fourth-order valence-corrected chi connectivity index (χ4v) is 3.41. The third-order valence-electron chi connectivity index (χ3n) is 4.64. The average Bonchev–Trinajstić information content (AvgIpc) is 3.19. The van der Waals surface area contributed by atoms with Crippen molar-refractivity contribution in [1.29, 1.82) is 0 Å². The Balaban J connectivity index is 1.94. The van der Waals surface area contributed by atoms with E-state index in [0.717, 1.165) is 32.1 Å². The molecule has 2 fully saturated rings. The summed E-state index contributed by atoms with van der Waals surface area (Å²) >= 11 is 0. The number of alkyl halides is 6. The van der Waals surface area contributed by atoms with Crippen LogP contribution >= 0.6 is 0 Å². The quantitative estimate of drug-likeness (QED) is 0.521. The number of fused-ring (bicyclic) bond motifs is 1. The van der Waals surface area contributed by atoms with Crippen LogP contribution in [0.1, 0.15) is 53.6 Å². The van der Waals surface area contributed by atoms with E-state index in [-0.39, 0.29) is 18.2 Å². The summed E-state index contributed by atoms with van der Waals surface area (Å²) in [6.07, 6.45) is -5.51. The first-order valence-electron chi connectivity index (χ1n) is 7.71. The smallest absolute Gasteiger partial charge is 0.329 e. The number of carbonyl (C=O) groups excluding carboxylic acids is 1. The van der Waals surface area contributed by atoms with Crippen LogP contribution in [0.25, 0.3) is 0 Å². The fourth-order valence-electron chi connectivity index (χ4n) is 3.41. The molecule has 0 bridgehead atoms. The molecule has 0 aromatic heterocycles. The fraction of sp³-hybridized carbons (Fsp3) is 0.562. The van der Waals surface area contributed by atoms with Crippen molar-refractivity contribution in [2.24, 2.45) is 0 Å². The maximum atomic E-state index is 12.9. The summed E-state index contributed by atoms with van der Waals surface area (Å²) in [6.45, 7) is 0. The number of benzene rings is 1. The first kappa shape index (κ1) is 17.1. The van der Waals surface area contributed by atoms with Crippen LogP contribution < -0.4 is 0 Å². The number of hydrogen-bond donors (Lipinski definition) is 0. The second-order valence-corrected chi connectivity index (χ2v) is 6.28. The van der Waals surface area contributed by atoms with E-state index < -0.39 is 35.0 Å². The number of carbonyl (C=O) groups is 1. The molecule has 0 N–H and O–H groups in total. The number of nitrogens with zero attached hydrogens (tertiary/aromatic N) is 1. The van der Waals surface area contributed by atoms with E-state index in [1.165, 1.54) is 4.90 Å². The lowest BCUT2D eigenvalue weighted by Gasteiger charge is -2.15. The van der Waals surface area contributed by atoms with Gasteiger partial charge in [0, 0.05) is 5.56 Å². The van der Waals surface area contributed by atoms with Gasteiger partial charge in [-0.2, -0.15) is 26.3 Å². The molecule has 24 heavy (non-hydrogen) atoms. The maximum Gasteiger partial charge on any atom is 0.416 e. The van der Waals surface area contributed by atoms with Gasteiger partial charge >= 0.3 is 12.4 Å². The van der Waals surface area contributed by atoms with Gasteiger partial charge in [0.1, 0.15) is 0 Å². The van der Waals surface area contributed by atoms with E-state index in [9.17, 15) is 31.1 Å². The van der Waals surface area contributed by atoms with Crippen molar-refractivity contribution in [3.8, 4) is 0 Å². The Bertz CT molecular complexity index is 607. The Morgan fingerprint density at radius 3 is 1.71 bits per heavy atom. The second kappa shape index (κ2) is 5.67. The summed E-state index contributed by atoms with van der Waals surface area (Å²) in [6, 6.07) is 0.954. The summed E-state index contributed by atoms with van der Waals surface area (Å²) < 4.78 is 77.2. The number of amides is 1. The van der Waals surface area contributed by atoms with Gasteiger partial charge in [0.15, 0.2) is 0 Å². The molecule has 0 spiro atoms. The number of likely N-dealkylation sites (tertiary alicyclic amines) is 1. The largest absolute Gasteiger partial charge is 0.416 e. The van der Waals surface area contributed by atoms with Gasteiger partial charge in [0.2, 0.25) is 0 Å². The molecular weight excluding hydrogens is 336 g/mol. The minimum Gasteiger partial charge on any atom is -0.329 e. The Labute approximate surface area is 134 Å². The van der Waals surface area contributed by atoms with Crippen molar-refractivity contribution in [2.45, 2.75) is 56.5 Å². The lowest BCUT2D eigenvalue weighted by molar-refractivity contribution is -0.143. The zero-order valence-electron chi connectivity index (χ0n) is 12.5. The van der Waals surface area contributed by atoms with E-state index in [0.29, 0.717) is 12.1 Å². The molecule has 3 rings (SSSR count). The first-order chi connectivity index (χ1) is 11.1. The number of rotatable bonds is 1. The highest BCUT2D eigenvalue weighted by Crippen LogP contribution is 2.42. The molecule has 1 aliphatic heterocycles. The molecule has 1 saturated heterocycles. The molecule has 1 aromatic carbocycles. The lowest BCUT2D eigenvalue weighted by Crippen LogP contribution is -2.19. The van der Waals surface area contributed by atoms with Crippen molar-refractivity contribution < 1.29 is 31.1 Å². The Hall–Kier alpha value is -1.73. The normalized spacial score (nSPS) is 24.3. The van der Waals surface area contributed by atoms with Crippen LogP contribution in [0.3, 0.4) is 0 Å². The van der Waals surface area contributed by atoms with Crippen molar-refractivity contribution in [3.63, 3.8) is 0 Å². The molecule has 0 radical (unpaired) electrons. The van der Waals surface area contributed by atoms with E-state index in [1.807, 2.05) is 0 Å². The predicted molar refractivity (Wildman–Crippen MR) is 73.3 cm³/mol.